The van der Waals surface area contributed by atoms with Crippen molar-refractivity contribution in [1.82, 2.24) is 14.9 Å². The molecule has 18 heavy (non-hydrogen) atoms. The van der Waals surface area contributed by atoms with Gasteiger partial charge in [-0.05, 0) is 26.1 Å². The van der Waals surface area contributed by atoms with Gasteiger partial charge < -0.3 is 15.5 Å². The van der Waals surface area contributed by atoms with Gasteiger partial charge in [-0.1, -0.05) is 13.8 Å². The molecule has 5 heteroatoms. The molecule has 0 fully saturated rings. The lowest BCUT2D eigenvalue weighted by atomic mass is 10.2. The Kier molecular flexibility index (Phi) is 6.01. The minimum atomic E-state index is 0.457. The highest BCUT2D eigenvalue weighted by molar-refractivity contribution is 5.30. The number of rotatable bonds is 7. The van der Waals surface area contributed by atoms with Crippen molar-refractivity contribution in [1.29, 1.82) is 0 Å². The van der Waals surface area contributed by atoms with E-state index in [0.29, 0.717) is 12.5 Å². The van der Waals surface area contributed by atoms with E-state index in [1.165, 1.54) is 0 Å². The van der Waals surface area contributed by atoms with Crippen molar-refractivity contribution in [2.24, 2.45) is 11.7 Å². The van der Waals surface area contributed by atoms with Gasteiger partial charge in [0, 0.05) is 32.4 Å². The van der Waals surface area contributed by atoms with Crippen LogP contribution in [0.15, 0.2) is 12.3 Å². The predicted molar refractivity (Wildman–Crippen MR) is 75.5 cm³/mol. The molecule has 2 N–H and O–H groups in total. The Morgan fingerprint density at radius 2 is 2.00 bits per heavy atom. The number of nitrogens with two attached hydrogens (primary N) is 1. The predicted octanol–water partition coefficient (Wildman–Crippen LogP) is 0.959. The fourth-order valence-corrected chi connectivity index (χ4v) is 1.69. The summed E-state index contributed by atoms with van der Waals surface area (Å²) in [6.45, 7) is 7.74. The van der Waals surface area contributed by atoms with E-state index in [9.17, 15) is 0 Å². The lowest BCUT2D eigenvalue weighted by Gasteiger charge is -2.26. The Morgan fingerprint density at radius 1 is 1.28 bits per heavy atom. The number of hydrogen-bond acceptors (Lipinski definition) is 5. The summed E-state index contributed by atoms with van der Waals surface area (Å²) >= 11 is 0. The van der Waals surface area contributed by atoms with Gasteiger partial charge in [0.1, 0.15) is 0 Å². The topological polar surface area (TPSA) is 58.3 Å². The highest BCUT2D eigenvalue weighted by Gasteiger charge is 2.12. The molecule has 1 rings (SSSR count). The fraction of sp³-hybridized carbons (Fsp3) is 0.692. The Hall–Kier alpha value is -1.20. The van der Waals surface area contributed by atoms with Crippen LogP contribution in [0.25, 0.3) is 0 Å². The van der Waals surface area contributed by atoms with E-state index in [1.54, 1.807) is 6.20 Å². The molecule has 5 nitrogen and oxygen atoms in total. The standard InChI is InChI=1S/C13H25N5/c1-11(2)10-18(8-7-17(3)4)13-15-6-5-12(9-14)16-13/h5-6,11H,7-10,14H2,1-4H3. The Morgan fingerprint density at radius 3 is 2.56 bits per heavy atom. The first-order valence-corrected chi connectivity index (χ1v) is 6.44. The normalized spacial score (nSPS) is 11.3. The van der Waals surface area contributed by atoms with Crippen LogP contribution < -0.4 is 10.6 Å². The maximum atomic E-state index is 5.63. The highest BCUT2D eigenvalue weighted by atomic mass is 15.3. The molecule has 0 atom stereocenters. The quantitative estimate of drug-likeness (QED) is 0.782. The van der Waals surface area contributed by atoms with E-state index in [2.05, 4.69) is 47.7 Å². The van der Waals surface area contributed by atoms with E-state index in [4.69, 9.17) is 5.73 Å². The third-order valence-electron chi connectivity index (χ3n) is 2.60. The minimum Gasteiger partial charge on any atom is -0.339 e. The number of hydrogen-bond donors (Lipinski definition) is 1. The summed E-state index contributed by atoms with van der Waals surface area (Å²) in [4.78, 5) is 13.2. The molecule has 0 saturated heterocycles. The second kappa shape index (κ2) is 7.28. The van der Waals surface area contributed by atoms with Crippen molar-refractivity contribution in [3.05, 3.63) is 18.0 Å². The van der Waals surface area contributed by atoms with E-state index >= 15 is 0 Å². The van der Waals surface area contributed by atoms with Crippen LogP contribution in [0.3, 0.4) is 0 Å². The van der Waals surface area contributed by atoms with Gasteiger partial charge in [-0.2, -0.15) is 0 Å². The monoisotopic (exact) mass is 251 g/mol. The average Bonchev–Trinajstić information content (AvgIpc) is 2.34. The first-order valence-electron chi connectivity index (χ1n) is 6.44. The molecule has 1 heterocycles. The van der Waals surface area contributed by atoms with Crippen LogP contribution in [-0.2, 0) is 6.54 Å². The van der Waals surface area contributed by atoms with Crippen molar-refractivity contribution >= 4 is 5.95 Å². The molecule has 0 aliphatic heterocycles. The number of nitrogens with zero attached hydrogens (tertiary/aromatic N) is 4. The average molecular weight is 251 g/mol. The van der Waals surface area contributed by atoms with Gasteiger partial charge in [-0.25, -0.2) is 9.97 Å². The summed E-state index contributed by atoms with van der Waals surface area (Å²) in [5.41, 5.74) is 6.51. The molecule has 0 aliphatic carbocycles. The van der Waals surface area contributed by atoms with Gasteiger partial charge in [0.15, 0.2) is 0 Å². The van der Waals surface area contributed by atoms with Crippen LogP contribution in [-0.4, -0.2) is 48.6 Å². The van der Waals surface area contributed by atoms with Gasteiger partial charge in [-0.15, -0.1) is 0 Å². The van der Waals surface area contributed by atoms with E-state index in [0.717, 1.165) is 31.3 Å². The molecular formula is C13H25N5. The molecule has 1 aromatic rings. The zero-order valence-corrected chi connectivity index (χ0v) is 11.9. The zero-order chi connectivity index (χ0) is 13.5. The van der Waals surface area contributed by atoms with Crippen LogP contribution >= 0.6 is 0 Å². The summed E-state index contributed by atoms with van der Waals surface area (Å²) in [6, 6.07) is 1.86. The van der Waals surface area contributed by atoms with E-state index < -0.39 is 0 Å². The largest absolute Gasteiger partial charge is 0.339 e. The van der Waals surface area contributed by atoms with Gasteiger partial charge in [0.25, 0.3) is 0 Å². The molecule has 0 unspecified atom stereocenters. The third kappa shape index (κ3) is 4.98. The molecule has 0 aromatic carbocycles. The van der Waals surface area contributed by atoms with Crippen molar-refractivity contribution in [3.63, 3.8) is 0 Å². The summed E-state index contributed by atoms with van der Waals surface area (Å²) in [6.07, 6.45) is 1.79. The Bertz CT molecular complexity index is 351. The molecule has 0 radical (unpaired) electrons. The first-order chi connectivity index (χ1) is 8.52. The molecule has 0 bridgehead atoms. The molecule has 0 saturated carbocycles. The molecule has 0 spiro atoms. The first kappa shape index (κ1) is 14.9. The molecule has 0 amide bonds. The lowest BCUT2D eigenvalue weighted by Crippen LogP contribution is -2.35. The number of aromatic nitrogens is 2. The van der Waals surface area contributed by atoms with E-state index in [1.807, 2.05) is 6.07 Å². The van der Waals surface area contributed by atoms with Gasteiger partial charge in [0.2, 0.25) is 5.95 Å². The van der Waals surface area contributed by atoms with Crippen molar-refractivity contribution < 1.29 is 0 Å². The van der Waals surface area contributed by atoms with Gasteiger partial charge in [-0.3, -0.25) is 0 Å². The number of anilines is 1. The SMILES string of the molecule is CC(C)CN(CCN(C)C)c1nccc(CN)n1. The fourth-order valence-electron chi connectivity index (χ4n) is 1.69. The van der Waals surface area contributed by atoms with Crippen molar-refractivity contribution in [3.8, 4) is 0 Å². The Balaban J connectivity index is 2.79. The molecular weight excluding hydrogens is 226 g/mol. The maximum Gasteiger partial charge on any atom is 0.225 e. The highest BCUT2D eigenvalue weighted by Crippen LogP contribution is 2.10. The smallest absolute Gasteiger partial charge is 0.225 e. The van der Waals surface area contributed by atoms with Gasteiger partial charge in [0.05, 0.1) is 5.69 Å². The third-order valence-corrected chi connectivity index (χ3v) is 2.60. The zero-order valence-electron chi connectivity index (χ0n) is 11.9. The molecule has 0 aliphatic rings. The Labute approximate surface area is 110 Å². The van der Waals surface area contributed by atoms with Crippen LogP contribution in [0.5, 0.6) is 0 Å². The minimum absolute atomic E-state index is 0.457. The van der Waals surface area contributed by atoms with Crippen LogP contribution in [0, 0.1) is 5.92 Å². The summed E-state index contributed by atoms with van der Waals surface area (Å²) < 4.78 is 0. The summed E-state index contributed by atoms with van der Waals surface area (Å²) in [5, 5.41) is 0. The summed E-state index contributed by atoms with van der Waals surface area (Å²) in [5.74, 6) is 1.37. The van der Waals surface area contributed by atoms with Crippen LogP contribution in [0.1, 0.15) is 19.5 Å². The van der Waals surface area contributed by atoms with Crippen molar-refractivity contribution in [2.45, 2.75) is 20.4 Å². The second-order valence-electron chi connectivity index (χ2n) is 5.20. The number of likely N-dealkylation sites (N-methyl/N-ethyl adjacent to an activating group) is 1. The van der Waals surface area contributed by atoms with Crippen LogP contribution in [0.2, 0.25) is 0 Å². The van der Waals surface area contributed by atoms with Crippen molar-refractivity contribution in [2.75, 3.05) is 38.6 Å². The summed E-state index contributed by atoms with van der Waals surface area (Å²) in [7, 11) is 4.15. The molecule has 1 aromatic heterocycles. The van der Waals surface area contributed by atoms with Gasteiger partial charge >= 0.3 is 0 Å². The molecule has 102 valence electrons. The van der Waals surface area contributed by atoms with E-state index in [-0.39, 0.29) is 0 Å². The maximum absolute atomic E-state index is 5.63. The second-order valence-corrected chi connectivity index (χ2v) is 5.20. The van der Waals surface area contributed by atoms with Crippen LogP contribution in [0.4, 0.5) is 5.95 Å². The lowest BCUT2D eigenvalue weighted by molar-refractivity contribution is 0.407.